The summed E-state index contributed by atoms with van der Waals surface area (Å²) in [5, 5.41) is 3.91. The molecule has 0 aliphatic rings. The normalized spacial score (nSPS) is 12.7. The Bertz CT molecular complexity index is 1570. The van der Waals surface area contributed by atoms with E-state index in [0.29, 0.717) is 38.7 Å². The summed E-state index contributed by atoms with van der Waals surface area (Å²) in [5.74, 6) is -0.760. The number of hydrogen-bond acceptors (Lipinski definition) is 7. The summed E-state index contributed by atoms with van der Waals surface area (Å²) in [7, 11) is 2.73. The van der Waals surface area contributed by atoms with Crippen molar-refractivity contribution in [2.75, 3.05) is 23.8 Å². The van der Waals surface area contributed by atoms with Gasteiger partial charge in [-0.15, -0.1) is 0 Å². The maximum atomic E-state index is 13.0. The van der Waals surface area contributed by atoms with E-state index in [2.05, 4.69) is 5.32 Å². The average molecular weight is 584 g/mol. The molecule has 4 aromatic rings. The topological polar surface area (TPSA) is 121 Å². The quantitative estimate of drug-likeness (QED) is 0.186. The molecule has 1 aromatic heterocycles. The minimum absolute atomic E-state index is 0.155. The van der Waals surface area contributed by atoms with Crippen molar-refractivity contribution in [2.24, 2.45) is 5.92 Å². The van der Waals surface area contributed by atoms with Crippen molar-refractivity contribution in [2.45, 2.75) is 26.8 Å². The lowest BCUT2D eigenvalue weighted by Gasteiger charge is -2.35. The van der Waals surface area contributed by atoms with E-state index in [1.54, 1.807) is 69.3 Å². The highest BCUT2D eigenvalue weighted by Gasteiger charge is 2.31. The number of anilines is 2. The third kappa shape index (κ3) is 5.70. The van der Waals surface area contributed by atoms with Crippen LogP contribution in [0.5, 0.6) is 5.75 Å². The van der Waals surface area contributed by atoms with Gasteiger partial charge in [-0.3, -0.25) is 13.3 Å². The lowest BCUT2D eigenvalue weighted by atomic mass is 10.0. The summed E-state index contributed by atoms with van der Waals surface area (Å²) in [4.78, 5) is 25.3. The molecule has 2 atom stereocenters. The number of carbonyl (C=O) groups excluding carboxylic acids is 2. The molecule has 0 saturated carbocycles. The van der Waals surface area contributed by atoms with E-state index in [1.165, 1.54) is 14.2 Å². The van der Waals surface area contributed by atoms with Crippen molar-refractivity contribution in [3.05, 3.63) is 77.0 Å². The Morgan fingerprint density at radius 1 is 1.00 bits per heavy atom. The number of ether oxygens (including phenoxy) is 2. The number of nitrogens with zero attached hydrogens (tertiary/aromatic N) is 1. The molecule has 3 aromatic carbocycles. The largest absolute Gasteiger partial charge is 0.755 e. The van der Waals surface area contributed by atoms with Gasteiger partial charge < -0.3 is 23.8 Å². The summed E-state index contributed by atoms with van der Waals surface area (Å²) in [5.41, 5.74) is 3.66. The molecule has 4 rings (SSSR count). The number of halogens is 1. The third-order valence-electron chi connectivity index (χ3n) is 6.49. The van der Waals surface area contributed by atoms with Gasteiger partial charge in [-0.25, -0.2) is 4.79 Å². The number of carbonyl (C=O) groups is 2. The van der Waals surface area contributed by atoms with Gasteiger partial charge in [0.1, 0.15) is 17.4 Å². The molecule has 2 unspecified atom stereocenters. The lowest BCUT2D eigenvalue weighted by molar-refractivity contribution is -0.142. The van der Waals surface area contributed by atoms with Crippen LogP contribution in [0.3, 0.4) is 0 Å². The Labute approximate surface area is 239 Å². The lowest BCUT2D eigenvalue weighted by Crippen LogP contribution is -2.46. The average Bonchev–Trinajstić information content (AvgIpc) is 3.28. The van der Waals surface area contributed by atoms with Crippen LogP contribution in [0, 0.1) is 12.8 Å². The first-order valence-electron chi connectivity index (χ1n) is 12.3. The second-order valence-corrected chi connectivity index (χ2v) is 10.6. The zero-order valence-corrected chi connectivity index (χ0v) is 24.1. The minimum Gasteiger partial charge on any atom is -0.755 e. The molecule has 0 saturated heterocycles. The molecule has 210 valence electrons. The molecule has 0 aliphatic heterocycles. The van der Waals surface area contributed by atoms with Crippen LogP contribution in [0.1, 0.15) is 30.0 Å². The van der Waals surface area contributed by atoms with Crippen molar-refractivity contribution >= 4 is 57.1 Å². The Balaban J connectivity index is 1.53. The molecule has 0 bridgehead atoms. The van der Waals surface area contributed by atoms with Gasteiger partial charge in [-0.1, -0.05) is 49.7 Å². The van der Waals surface area contributed by atoms with Crippen molar-refractivity contribution in [3.8, 4) is 16.9 Å². The van der Waals surface area contributed by atoms with Crippen LogP contribution < -0.4 is 14.4 Å². The molecule has 1 amide bonds. The van der Waals surface area contributed by atoms with E-state index in [1.807, 2.05) is 12.1 Å². The first-order valence-corrected chi connectivity index (χ1v) is 13.7. The van der Waals surface area contributed by atoms with Gasteiger partial charge in [-0.2, -0.15) is 0 Å². The fourth-order valence-electron chi connectivity index (χ4n) is 4.53. The summed E-state index contributed by atoms with van der Waals surface area (Å²) in [6.07, 6.45) is 0. The van der Waals surface area contributed by atoms with Gasteiger partial charge >= 0.3 is 5.97 Å². The van der Waals surface area contributed by atoms with Crippen LogP contribution in [0.15, 0.2) is 65.1 Å². The smallest absolute Gasteiger partial charge is 0.329 e. The summed E-state index contributed by atoms with van der Waals surface area (Å²) < 4.78 is 41.1. The highest BCUT2D eigenvalue weighted by atomic mass is 35.5. The van der Waals surface area contributed by atoms with Gasteiger partial charge in [0.05, 0.1) is 24.6 Å². The Morgan fingerprint density at radius 2 is 1.60 bits per heavy atom. The first kappa shape index (κ1) is 29.1. The first-order chi connectivity index (χ1) is 19.1. The molecule has 0 fully saturated rings. The monoisotopic (exact) mass is 583 g/mol. The molecular formula is C29H28ClN2O7S-. The number of nitrogens with one attached hydrogen (secondary N) is 1. The van der Waals surface area contributed by atoms with Crippen LogP contribution in [-0.2, 0) is 20.8 Å². The standard InChI is InChI=1S/C29H29ClN2O7S/c1-16(2)25(29(34)38-5)32(40(35)36)21-12-8-19(9-13-21)18-6-10-20(11-7-18)31-28(33)26-17(3)24-23(39-26)15-14-22(30)27(24)37-4/h6-16,25H,1-5H3,(H,31,33)(H,35,36)/p-1. The SMILES string of the molecule is COC(=O)C(C(C)C)N(c1ccc(-c2ccc(NC(=O)c3oc4ccc(Cl)c(OC)c4c3C)cc2)cc1)S(=O)[O-]. The number of amides is 1. The van der Waals surface area contributed by atoms with Gasteiger partial charge in [0.25, 0.3) is 5.91 Å². The third-order valence-corrected chi connectivity index (χ3v) is 7.55. The van der Waals surface area contributed by atoms with Gasteiger partial charge in [0.2, 0.25) is 0 Å². The van der Waals surface area contributed by atoms with Crippen molar-refractivity contribution in [3.63, 3.8) is 0 Å². The second kappa shape index (κ2) is 12.1. The molecular weight excluding hydrogens is 556 g/mol. The Morgan fingerprint density at radius 3 is 2.12 bits per heavy atom. The Hall–Kier alpha value is -3.86. The maximum Gasteiger partial charge on any atom is 0.329 e. The number of esters is 1. The Kier molecular flexibility index (Phi) is 8.82. The van der Waals surface area contributed by atoms with Crippen LogP contribution >= 0.6 is 11.6 Å². The highest BCUT2D eigenvalue weighted by Crippen LogP contribution is 2.38. The number of furan rings is 1. The van der Waals surface area contributed by atoms with E-state index in [-0.39, 0.29) is 11.7 Å². The van der Waals surface area contributed by atoms with Crippen molar-refractivity contribution in [1.29, 1.82) is 0 Å². The van der Waals surface area contributed by atoms with E-state index >= 15 is 0 Å². The van der Waals surface area contributed by atoms with Crippen LogP contribution in [-0.4, -0.2) is 40.9 Å². The van der Waals surface area contributed by atoms with Crippen LogP contribution in [0.25, 0.3) is 22.1 Å². The van der Waals surface area contributed by atoms with Gasteiger partial charge in [0.15, 0.2) is 5.76 Å². The zero-order chi connectivity index (χ0) is 29.1. The minimum atomic E-state index is -2.69. The number of aryl methyl sites for hydroxylation is 1. The van der Waals surface area contributed by atoms with E-state index in [4.69, 9.17) is 25.5 Å². The molecule has 40 heavy (non-hydrogen) atoms. The van der Waals surface area contributed by atoms with E-state index in [9.17, 15) is 18.4 Å². The number of rotatable bonds is 9. The van der Waals surface area contributed by atoms with Crippen molar-refractivity contribution < 1.29 is 32.2 Å². The predicted octanol–water partition coefficient (Wildman–Crippen LogP) is 6.12. The fraction of sp³-hybridized carbons (Fsp3) is 0.241. The van der Waals surface area contributed by atoms with Crippen LogP contribution in [0.2, 0.25) is 5.02 Å². The number of benzene rings is 3. The molecule has 9 nitrogen and oxygen atoms in total. The predicted molar refractivity (Wildman–Crippen MR) is 154 cm³/mol. The molecule has 0 aliphatic carbocycles. The summed E-state index contributed by atoms with van der Waals surface area (Å²) in [6.45, 7) is 5.26. The molecule has 0 radical (unpaired) electrons. The second-order valence-electron chi connectivity index (χ2n) is 9.34. The number of hydrogen-bond donors (Lipinski definition) is 1. The fourth-order valence-corrected chi connectivity index (χ4v) is 5.57. The molecule has 11 heteroatoms. The molecule has 0 spiro atoms. The summed E-state index contributed by atoms with van der Waals surface area (Å²) in [6, 6.07) is 16.3. The zero-order valence-electron chi connectivity index (χ0n) is 22.5. The number of fused-ring (bicyclic) bond motifs is 1. The summed E-state index contributed by atoms with van der Waals surface area (Å²) >= 11 is 3.53. The van der Waals surface area contributed by atoms with Gasteiger partial charge in [-0.05, 0) is 60.4 Å². The molecule has 1 heterocycles. The molecule has 1 N–H and O–H groups in total. The highest BCUT2D eigenvalue weighted by molar-refractivity contribution is 7.80. The van der Waals surface area contributed by atoms with Gasteiger partial charge in [0, 0.05) is 28.2 Å². The van der Waals surface area contributed by atoms with Crippen molar-refractivity contribution in [1.82, 2.24) is 0 Å². The van der Waals surface area contributed by atoms with Crippen LogP contribution in [0.4, 0.5) is 11.4 Å². The van der Waals surface area contributed by atoms with E-state index in [0.717, 1.165) is 15.4 Å². The number of methoxy groups -OCH3 is 2. The maximum absolute atomic E-state index is 13.0. The van der Waals surface area contributed by atoms with E-state index < -0.39 is 29.2 Å².